The summed E-state index contributed by atoms with van der Waals surface area (Å²) < 4.78 is 0. The van der Waals surface area contributed by atoms with Gasteiger partial charge in [-0.15, -0.1) is 0 Å². The molecule has 0 aromatic heterocycles. The molecule has 3 rings (SSSR count). The number of ketones is 2. The van der Waals surface area contributed by atoms with Crippen LogP contribution in [-0.4, -0.2) is 27.1 Å². The number of hydrogen-bond acceptors (Lipinski definition) is 7. The van der Waals surface area contributed by atoms with Gasteiger partial charge in [0.15, 0.2) is 5.78 Å². The lowest BCUT2D eigenvalue weighted by Crippen LogP contribution is -2.23. The van der Waals surface area contributed by atoms with E-state index < -0.39 is 27.3 Å². The molecule has 130 valence electrons. The SMILES string of the molecule is CC(=O)C1C(=O)c2c(cccc2[N+](=O)[O-])C1=Nc1ccc([N+](=O)[O-])cc1. The molecule has 0 amide bonds. The molecule has 2 aromatic carbocycles. The summed E-state index contributed by atoms with van der Waals surface area (Å²) in [7, 11) is 0. The lowest BCUT2D eigenvalue weighted by Gasteiger charge is -2.06. The first kappa shape index (κ1) is 17.1. The summed E-state index contributed by atoms with van der Waals surface area (Å²) in [6.45, 7) is 1.21. The summed E-state index contributed by atoms with van der Waals surface area (Å²) in [4.78, 5) is 49.6. The molecule has 9 heteroatoms. The third-order valence-corrected chi connectivity index (χ3v) is 4.01. The molecule has 1 unspecified atom stereocenters. The first-order valence-corrected chi connectivity index (χ1v) is 7.46. The second kappa shape index (κ2) is 6.28. The van der Waals surface area contributed by atoms with E-state index in [2.05, 4.69) is 4.99 Å². The van der Waals surface area contributed by atoms with E-state index in [-0.39, 0.29) is 28.2 Å². The molecular weight excluding hydrogens is 342 g/mol. The standard InChI is InChI=1S/C17H11N3O6/c1-9(21)14-16(18-10-5-7-11(8-6-10)19(23)24)12-3-2-4-13(20(25)26)15(12)17(14)22/h2-8,14H,1H3. The van der Waals surface area contributed by atoms with Gasteiger partial charge in [0, 0.05) is 23.8 Å². The molecule has 9 nitrogen and oxygen atoms in total. The molecule has 0 N–H and O–H groups in total. The van der Waals surface area contributed by atoms with Gasteiger partial charge in [-0.05, 0) is 19.1 Å². The maximum Gasteiger partial charge on any atom is 0.280 e. The molecule has 0 radical (unpaired) electrons. The summed E-state index contributed by atoms with van der Waals surface area (Å²) in [5.41, 5.74) is -0.0246. The smallest absolute Gasteiger partial charge is 0.280 e. The minimum Gasteiger partial charge on any atom is -0.299 e. The van der Waals surface area contributed by atoms with Crippen molar-refractivity contribution in [3.63, 3.8) is 0 Å². The predicted octanol–water partition coefficient (Wildman–Crippen LogP) is 3.03. The van der Waals surface area contributed by atoms with E-state index in [1.54, 1.807) is 0 Å². The lowest BCUT2D eigenvalue weighted by atomic mass is 9.99. The number of nitro benzene ring substituents is 2. The fourth-order valence-corrected chi connectivity index (χ4v) is 2.88. The Labute approximate surface area is 146 Å². The molecular formula is C17H11N3O6. The third kappa shape index (κ3) is 2.75. The largest absolute Gasteiger partial charge is 0.299 e. The summed E-state index contributed by atoms with van der Waals surface area (Å²) >= 11 is 0. The highest BCUT2D eigenvalue weighted by molar-refractivity contribution is 6.38. The van der Waals surface area contributed by atoms with E-state index in [1.165, 1.54) is 49.4 Å². The third-order valence-electron chi connectivity index (χ3n) is 4.01. The fraction of sp³-hybridized carbons (Fsp3) is 0.118. The van der Waals surface area contributed by atoms with Gasteiger partial charge in [0.2, 0.25) is 0 Å². The van der Waals surface area contributed by atoms with Gasteiger partial charge in [-0.3, -0.25) is 34.8 Å². The van der Waals surface area contributed by atoms with Crippen LogP contribution in [0.4, 0.5) is 17.1 Å². The molecule has 0 saturated carbocycles. The quantitative estimate of drug-likeness (QED) is 0.471. The second-order valence-corrected chi connectivity index (χ2v) is 5.64. The van der Waals surface area contributed by atoms with Crippen molar-refractivity contribution in [3.8, 4) is 0 Å². The van der Waals surface area contributed by atoms with Crippen molar-refractivity contribution in [2.45, 2.75) is 6.92 Å². The minimum absolute atomic E-state index is 0.107. The average Bonchev–Trinajstić information content (AvgIpc) is 2.87. The number of carbonyl (C=O) groups is 2. The number of aliphatic imine (C=N–C) groups is 1. The van der Waals surface area contributed by atoms with E-state index in [1.807, 2.05) is 0 Å². The van der Waals surface area contributed by atoms with Crippen molar-refractivity contribution in [2.24, 2.45) is 10.9 Å². The number of non-ortho nitro benzene ring substituents is 1. The van der Waals surface area contributed by atoms with Gasteiger partial charge < -0.3 is 0 Å². The van der Waals surface area contributed by atoms with Crippen LogP contribution in [0.2, 0.25) is 0 Å². The molecule has 1 aliphatic rings. The van der Waals surface area contributed by atoms with E-state index in [4.69, 9.17) is 0 Å². The summed E-state index contributed by atoms with van der Waals surface area (Å²) in [5.74, 6) is -2.39. The minimum atomic E-state index is -1.23. The lowest BCUT2D eigenvalue weighted by molar-refractivity contribution is -0.385. The molecule has 1 aliphatic carbocycles. The number of hydrogen-bond donors (Lipinski definition) is 0. The Morgan fingerprint density at radius 3 is 2.23 bits per heavy atom. The van der Waals surface area contributed by atoms with Crippen molar-refractivity contribution in [1.29, 1.82) is 0 Å². The van der Waals surface area contributed by atoms with Crippen LogP contribution in [0.3, 0.4) is 0 Å². The maximum atomic E-state index is 12.6. The van der Waals surface area contributed by atoms with E-state index in [0.717, 1.165) is 0 Å². The van der Waals surface area contributed by atoms with Crippen LogP contribution in [0.25, 0.3) is 0 Å². The van der Waals surface area contributed by atoms with Crippen LogP contribution in [-0.2, 0) is 4.79 Å². The average molecular weight is 353 g/mol. The Kier molecular flexibility index (Phi) is 4.13. The van der Waals surface area contributed by atoms with Crippen LogP contribution < -0.4 is 0 Å². The highest BCUT2D eigenvalue weighted by Crippen LogP contribution is 2.36. The molecule has 0 spiro atoms. The molecule has 0 fully saturated rings. The van der Waals surface area contributed by atoms with Gasteiger partial charge in [0.1, 0.15) is 17.3 Å². The number of benzene rings is 2. The van der Waals surface area contributed by atoms with Gasteiger partial charge >= 0.3 is 0 Å². The van der Waals surface area contributed by atoms with Crippen LogP contribution in [0, 0.1) is 26.1 Å². The molecule has 0 bridgehead atoms. The van der Waals surface area contributed by atoms with Gasteiger partial charge in [-0.25, -0.2) is 0 Å². The van der Waals surface area contributed by atoms with Crippen molar-refractivity contribution in [2.75, 3.05) is 0 Å². The number of Topliss-reactive ketones (excluding diaryl/α,β-unsaturated/α-hetero) is 2. The Balaban J connectivity index is 2.18. The number of nitrogens with zero attached hydrogens (tertiary/aromatic N) is 3. The van der Waals surface area contributed by atoms with Crippen LogP contribution in [0.1, 0.15) is 22.8 Å². The van der Waals surface area contributed by atoms with E-state index >= 15 is 0 Å². The highest BCUT2D eigenvalue weighted by atomic mass is 16.6. The van der Waals surface area contributed by atoms with Gasteiger partial charge in [0.25, 0.3) is 11.4 Å². The number of rotatable bonds is 4. The van der Waals surface area contributed by atoms with Crippen molar-refractivity contribution >= 4 is 34.3 Å². The van der Waals surface area contributed by atoms with Crippen molar-refractivity contribution in [3.05, 3.63) is 73.8 Å². The molecule has 0 saturated heterocycles. The molecule has 2 aromatic rings. The van der Waals surface area contributed by atoms with Crippen LogP contribution in [0.15, 0.2) is 47.5 Å². The Morgan fingerprint density at radius 1 is 1.04 bits per heavy atom. The summed E-state index contributed by atoms with van der Waals surface area (Å²) in [6.07, 6.45) is 0. The number of carbonyl (C=O) groups excluding carboxylic acids is 2. The first-order chi connectivity index (χ1) is 12.3. The summed E-state index contributed by atoms with van der Waals surface area (Å²) in [5, 5.41) is 21.9. The van der Waals surface area contributed by atoms with E-state index in [9.17, 15) is 29.8 Å². The van der Waals surface area contributed by atoms with Gasteiger partial charge in [-0.1, -0.05) is 12.1 Å². The second-order valence-electron chi connectivity index (χ2n) is 5.64. The zero-order valence-electron chi connectivity index (χ0n) is 13.4. The topological polar surface area (TPSA) is 133 Å². The Hall–Kier alpha value is -3.75. The van der Waals surface area contributed by atoms with Crippen LogP contribution >= 0.6 is 0 Å². The molecule has 0 heterocycles. The fourth-order valence-electron chi connectivity index (χ4n) is 2.88. The Bertz CT molecular complexity index is 994. The molecule has 1 atom stereocenters. The highest BCUT2D eigenvalue weighted by Gasteiger charge is 2.43. The molecule has 26 heavy (non-hydrogen) atoms. The Morgan fingerprint density at radius 2 is 1.69 bits per heavy atom. The molecule has 0 aliphatic heterocycles. The van der Waals surface area contributed by atoms with Crippen molar-refractivity contribution in [1.82, 2.24) is 0 Å². The first-order valence-electron chi connectivity index (χ1n) is 7.46. The zero-order chi connectivity index (χ0) is 19.0. The predicted molar refractivity (Wildman–Crippen MR) is 90.9 cm³/mol. The van der Waals surface area contributed by atoms with E-state index in [0.29, 0.717) is 5.69 Å². The maximum absolute atomic E-state index is 12.6. The monoisotopic (exact) mass is 353 g/mol. The number of nitro groups is 2. The van der Waals surface area contributed by atoms with Crippen LogP contribution in [0.5, 0.6) is 0 Å². The van der Waals surface area contributed by atoms with Crippen molar-refractivity contribution < 1.29 is 19.4 Å². The normalized spacial score (nSPS) is 17.2. The zero-order valence-corrected chi connectivity index (χ0v) is 13.4. The van der Waals surface area contributed by atoms with Gasteiger partial charge in [0.05, 0.1) is 21.2 Å². The van der Waals surface area contributed by atoms with Gasteiger partial charge in [-0.2, -0.15) is 0 Å². The summed E-state index contributed by atoms with van der Waals surface area (Å²) in [6, 6.07) is 9.35. The number of fused-ring (bicyclic) bond motifs is 1.